The molecule has 0 saturated carbocycles. The lowest BCUT2D eigenvalue weighted by Crippen LogP contribution is -2.40. The van der Waals surface area contributed by atoms with E-state index in [1.807, 2.05) is 0 Å². The van der Waals surface area contributed by atoms with E-state index >= 15 is 0 Å². The van der Waals surface area contributed by atoms with Crippen LogP contribution >= 0.6 is 0 Å². The molecule has 0 rings (SSSR count). The first-order valence-corrected chi connectivity index (χ1v) is 4.68. The van der Waals surface area contributed by atoms with Gasteiger partial charge in [0.2, 0.25) is 0 Å². The highest BCUT2D eigenvalue weighted by atomic mass is 16.5. The van der Waals surface area contributed by atoms with Gasteiger partial charge in [-0.1, -0.05) is 6.58 Å². The number of ether oxygens (including phenoxy) is 1. The molecule has 17 heavy (non-hydrogen) atoms. The summed E-state index contributed by atoms with van der Waals surface area (Å²) in [6.07, 6.45) is 0.390. The maximum absolute atomic E-state index is 11.1. The Kier molecular flexibility index (Phi) is 6.24. The second kappa shape index (κ2) is 7.15. The summed E-state index contributed by atoms with van der Waals surface area (Å²) in [6, 6.07) is 0. The number of aliphatic carboxylic acids is 1. The van der Waals surface area contributed by atoms with Gasteiger partial charge < -0.3 is 19.5 Å². The zero-order chi connectivity index (χ0) is 13.4. The molecule has 0 aliphatic carbocycles. The minimum atomic E-state index is -1.67. The number of nitrogens with zero attached hydrogens (tertiary/aromatic N) is 1. The molecule has 0 fully saturated rings. The van der Waals surface area contributed by atoms with E-state index in [0.29, 0.717) is 6.29 Å². The molecule has 0 atom stereocenters. The van der Waals surface area contributed by atoms with Crippen molar-refractivity contribution < 1.29 is 29.0 Å². The number of carbonyl (C=O) groups excluding carboxylic acids is 3. The summed E-state index contributed by atoms with van der Waals surface area (Å²) < 4.78 is 4.67. The van der Waals surface area contributed by atoms with Crippen molar-refractivity contribution in [1.82, 2.24) is 4.90 Å². The van der Waals surface area contributed by atoms with Gasteiger partial charge in [0.1, 0.15) is 12.9 Å². The topological polar surface area (TPSA) is 101 Å². The number of rotatable bonds is 6. The fourth-order valence-electron chi connectivity index (χ4n) is 0.873. The van der Waals surface area contributed by atoms with Crippen LogP contribution in [0.1, 0.15) is 6.92 Å². The molecule has 0 radical (unpaired) electrons. The summed E-state index contributed by atoms with van der Waals surface area (Å²) in [5, 5.41) is 8.45. The second-order valence-electron chi connectivity index (χ2n) is 3.14. The molecule has 0 aromatic heterocycles. The van der Waals surface area contributed by atoms with Gasteiger partial charge in [0.15, 0.2) is 0 Å². The van der Waals surface area contributed by atoms with Crippen molar-refractivity contribution in [3.05, 3.63) is 12.2 Å². The number of carboxylic acids is 1. The van der Waals surface area contributed by atoms with E-state index in [2.05, 4.69) is 11.3 Å². The third kappa shape index (κ3) is 5.45. The Morgan fingerprint density at radius 3 is 2.41 bits per heavy atom. The third-order valence-corrected chi connectivity index (χ3v) is 1.71. The van der Waals surface area contributed by atoms with Crippen LogP contribution in [0.4, 0.5) is 0 Å². The Morgan fingerprint density at radius 2 is 2.00 bits per heavy atom. The summed E-state index contributed by atoms with van der Waals surface area (Å²) in [5.41, 5.74) is 0.191. The number of aldehydes is 1. The highest BCUT2D eigenvalue weighted by Gasteiger charge is 2.20. The van der Waals surface area contributed by atoms with Crippen LogP contribution in [0.2, 0.25) is 0 Å². The van der Waals surface area contributed by atoms with E-state index in [1.54, 1.807) is 0 Å². The van der Waals surface area contributed by atoms with Gasteiger partial charge in [0.05, 0.1) is 13.1 Å². The van der Waals surface area contributed by atoms with Crippen LogP contribution in [0, 0.1) is 0 Å². The van der Waals surface area contributed by atoms with E-state index < -0.39 is 17.8 Å². The Hall–Kier alpha value is -2.18. The van der Waals surface area contributed by atoms with Crippen LogP contribution in [0.5, 0.6) is 0 Å². The maximum Gasteiger partial charge on any atom is 0.394 e. The molecule has 0 spiro atoms. The first-order chi connectivity index (χ1) is 7.90. The molecule has 0 aliphatic rings. The standard InChI is InChI=1S/C10H13NO6/c1-7(2)10(16)17-6-4-11(3-5-12)8(13)9(14)15/h5H,1,3-4,6H2,2H3,(H,14,15). The first-order valence-electron chi connectivity index (χ1n) is 4.68. The molecule has 0 bridgehead atoms. The van der Waals surface area contributed by atoms with Crippen molar-refractivity contribution in [2.75, 3.05) is 19.7 Å². The number of esters is 1. The lowest BCUT2D eigenvalue weighted by Gasteiger charge is -2.17. The number of carbonyl (C=O) groups is 4. The highest BCUT2D eigenvalue weighted by Crippen LogP contribution is 1.94. The summed E-state index contributed by atoms with van der Waals surface area (Å²) in [4.78, 5) is 43.4. The van der Waals surface area contributed by atoms with Gasteiger partial charge in [-0.05, 0) is 6.92 Å². The molecule has 0 heterocycles. The average molecular weight is 243 g/mol. The van der Waals surface area contributed by atoms with Crippen LogP contribution < -0.4 is 0 Å². The molecule has 0 unspecified atom stereocenters. The lowest BCUT2D eigenvalue weighted by molar-refractivity contribution is -0.156. The van der Waals surface area contributed by atoms with Crippen LogP contribution in [0.15, 0.2) is 12.2 Å². The zero-order valence-electron chi connectivity index (χ0n) is 9.34. The molecular formula is C10H13NO6. The van der Waals surface area contributed by atoms with Crippen molar-refractivity contribution in [2.24, 2.45) is 0 Å². The van der Waals surface area contributed by atoms with Crippen LogP contribution in [0.3, 0.4) is 0 Å². The summed E-state index contributed by atoms with van der Waals surface area (Å²) in [6.45, 7) is 4.07. The minimum absolute atomic E-state index is 0.164. The molecule has 7 heteroatoms. The van der Waals surface area contributed by atoms with E-state index in [-0.39, 0.29) is 25.3 Å². The van der Waals surface area contributed by atoms with Gasteiger partial charge in [-0.2, -0.15) is 0 Å². The Bertz CT molecular complexity index is 349. The van der Waals surface area contributed by atoms with Crippen molar-refractivity contribution in [3.63, 3.8) is 0 Å². The summed E-state index contributed by atoms with van der Waals surface area (Å²) >= 11 is 0. The van der Waals surface area contributed by atoms with Gasteiger partial charge in [-0.15, -0.1) is 0 Å². The maximum atomic E-state index is 11.1. The average Bonchev–Trinajstić information content (AvgIpc) is 2.26. The van der Waals surface area contributed by atoms with E-state index in [4.69, 9.17) is 5.11 Å². The van der Waals surface area contributed by atoms with Crippen LogP contribution in [-0.2, 0) is 23.9 Å². The fraction of sp³-hybridized carbons (Fsp3) is 0.400. The predicted molar refractivity (Wildman–Crippen MR) is 56.1 cm³/mol. The van der Waals surface area contributed by atoms with Crippen molar-refractivity contribution in [2.45, 2.75) is 6.92 Å². The van der Waals surface area contributed by atoms with Crippen LogP contribution in [-0.4, -0.2) is 53.8 Å². The SMILES string of the molecule is C=C(C)C(=O)OCCN(CC=O)C(=O)C(=O)O. The predicted octanol–water partition coefficient (Wildman–Crippen LogP) is -0.782. The molecular weight excluding hydrogens is 230 g/mol. The number of hydrogen-bond acceptors (Lipinski definition) is 5. The largest absolute Gasteiger partial charge is 0.474 e. The van der Waals surface area contributed by atoms with Crippen molar-refractivity contribution >= 4 is 24.1 Å². The fourth-order valence-corrected chi connectivity index (χ4v) is 0.873. The smallest absolute Gasteiger partial charge is 0.394 e. The normalized spacial score (nSPS) is 9.24. The van der Waals surface area contributed by atoms with Gasteiger partial charge >= 0.3 is 17.8 Å². The van der Waals surface area contributed by atoms with Gasteiger partial charge in [0, 0.05) is 5.57 Å². The monoisotopic (exact) mass is 243 g/mol. The Labute approximate surface area is 97.6 Å². The molecule has 0 aromatic rings. The molecule has 1 N–H and O–H groups in total. The number of amides is 1. The van der Waals surface area contributed by atoms with E-state index in [0.717, 1.165) is 4.90 Å². The molecule has 7 nitrogen and oxygen atoms in total. The second-order valence-corrected chi connectivity index (χ2v) is 3.14. The molecule has 0 aromatic carbocycles. The van der Waals surface area contributed by atoms with Gasteiger partial charge in [-0.25, -0.2) is 9.59 Å². The quantitative estimate of drug-likeness (QED) is 0.284. The third-order valence-electron chi connectivity index (χ3n) is 1.71. The summed E-state index contributed by atoms with van der Waals surface area (Å²) in [7, 11) is 0. The van der Waals surface area contributed by atoms with E-state index in [1.165, 1.54) is 6.92 Å². The number of hydrogen-bond donors (Lipinski definition) is 1. The lowest BCUT2D eigenvalue weighted by atomic mass is 10.4. The van der Waals surface area contributed by atoms with Crippen molar-refractivity contribution in [3.8, 4) is 0 Å². The number of carboxylic acid groups (broad SMARTS) is 1. The van der Waals surface area contributed by atoms with Crippen molar-refractivity contribution in [1.29, 1.82) is 0 Å². The first kappa shape index (κ1) is 14.8. The van der Waals surface area contributed by atoms with Gasteiger partial charge in [-0.3, -0.25) is 4.79 Å². The molecule has 1 amide bonds. The molecule has 0 saturated heterocycles. The Balaban J connectivity index is 4.23. The highest BCUT2D eigenvalue weighted by molar-refractivity contribution is 6.31. The van der Waals surface area contributed by atoms with E-state index in [9.17, 15) is 19.2 Å². The Morgan fingerprint density at radius 1 is 1.41 bits per heavy atom. The molecule has 0 aliphatic heterocycles. The minimum Gasteiger partial charge on any atom is -0.474 e. The van der Waals surface area contributed by atoms with Crippen LogP contribution in [0.25, 0.3) is 0 Å². The zero-order valence-corrected chi connectivity index (χ0v) is 9.34. The van der Waals surface area contributed by atoms with Gasteiger partial charge in [0.25, 0.3) is 0 Å². The molecule has 94 valence electrons. The summed E-state index contributed by atoms with van der Waals surface area (Å²) in [5.74, 6) is -3.53.